The smallest absolute Gasteiger partial charge is 0.416 e. The number of nitrogens with one attached hydrogen (secondary N) is 2. The third kappa shape index (κ3) is 6.06. The van der Waals surface area contributed by atoms with Gasteiger partial charge in [0.25, 0.3) is 0 Å². The van der Waals surface area contributed by atoms with E-state index in [1.165, 1.54) is 0 Å². The molecule has 0 aliphatic heterocycles. The van der Waals surface area contributed by atoms with Crippen molar-refractivity contribution >= 4 is 23.0 Å². The molecule has 0 bridgehead atoms. The fourth-order valence-electron chi connectivity index (χ4n) is 2.83. The lowest BCUT2D eigenvalue weighted by Crippen LogP contribution is -2.09. The van der Waals surface area contributed by atoms with E-state index in [2.05, 4.69) is 10.6 Å². The highest BCUT2D eigenvalue weighted by molar-refractivity contribution is 6.30. The maximum atomic E-state index is 13.3. The number of ether oxygens (including phenoxy) is 1. The topological polar surface area (TPSA) is 33.3 Å². The third-order valence-electron chi connectivity index (χ3n) is 4.28. The average molecular weight is 421 g/mol. The van der Waals surface area contributed by atoms with Crippen LogP contribution in [-0.4, -0.2) is 7.11 Å². The molecule has 0 atom stereocenters. The van der Waals surface area contributed by atoms with Gasteiger partial charge in [0.15, 0.2) is 0 Å². The zero-order valence-corrected chi connectivity index (χ0v) is 16.4. The highest BCUT2D eigenvalue weighted by atomic mass is 35.5. The summed E-state index contributed by atoms with van der Waals surface area (Å²) >= 11 is 5.96. The molecule has 0 heterocycles. The van der Waals surface area contributed by atoms with Gasteiger partial charge in [-0.25, -0.2) is 0 Å². The monoisotopic (exact) mass is 420 g/mol. The van der Waals surface area contributed by atoms with Crippen LogP contribution in [0, 0.1) is 0 Å². The first kappa shape index (κ1) is 20.9. The van der Waals surface area contributed by atoms with E-state index >= 15 is 0 Å². The number of methoxy groups -OCH3 is 1. The second-order valence-electron chi connectivity index (χ2n) is 6.49. The predicted molar refractivity (Wildman–Crippen MR) is 111 cm³/mol. The van der Waals surface area contributed by atoms with Gasteiger partial charge in [0.05, 0.1) is 12.7 Å². The Hall–Kier alpha value is -2.86. The molecule has 0 saturated carbocycles. The molecule has 0 aliphatic rings. The Bertz CT molecular complexity index is 976. The molecule has 3 nitrogen and oxygen atoms in total. The zero-order chi connectivity index (χ0) is 20.9. The molecular formula is C22H20ClF3N2O. The van der Waals surface area contributed by atoms with Crippen molar-refractivity contribution in [2.24, 2.45) is 0 Å². The summed E-state index contributed by atoms with van der Waals surface area (Å²) in [6, 6.07) is 18.4. The van der Waals surface area contributed by atoms with Crippen LogP contribution in [0.2, 0.25) is 5.02 Å². The van der Waals surface area contributed by atoms with E-state index in [1.54, 1.807) is 31.4 Å². The lowest BCUT2D eigenvalue weighted by Gasteiger charge is -2.15. The van der Waals surface area contributed by atoms with Crippen molar-refractivity contribution in [3.05, 3.63) is 88.4 Å². The number of hydrogen-bond acceptors (Lipinski definition) is 3. The van der Waals surface area contributed by atoms with Crippen LogP contribution in [-0.2, 0) is 19.3 Å². The molecule has 7 heteroatoms. The molecule has 0 unspecified atom stereocenters. The fraction of sp³-hybridized carbons (Fsp3) is 0.182. The maximum absolute atomic E-state index is 13.3. The van der Waals surface area contributed by atoms with Gasteiger partial charge in [0.2, 0.25) is 0 Å². The van der Waals surface area contributed by atoms with Crippen molar-refractivity contribution < 1.29 is 17.9 Å². The van der Waals surface area contributed by atoms with Crippen molar-refractivity contribution in [3.8, 4) is 5.75 Å². The van der Waals surface area contributed by atoms with Gasteiger partial charge in [0, 0.05) is 29.5 Å². The summed E-state index contributed by atoms with van der Waals surface area (Å²) < 4.78 is 45.2. The lowest BCUT2D eigenvalue weighted by molar-refractivity contribution is -0.137. The summed E-state index contributed by atoms with van der Waals surface area (Å²) in [5, 5.41) is 6.67. The van der Waals surface area contributed by atoms with Gasteiger partial charge < -0.3 is 15.4 Å². The molecule has 3 rings (SSSR count). The first-order valence-corrected chi connectivity index (χ1v) is 9.29. The number of alkyl halides is 3. The molecule has 2 N–H and O–H groups in total. The Morgan fingerprint density at radius 3 is 1.97 bits per heavy atom. The van der Waals surface area contributed by atoms with E-state index in [0.717, 1.165) is 23.3 Å². The minimum atomic E-state index is -4.44. The molecule has 0 spiro atoms. The Morgan fingerprint density at radius 2 is 1.41 bits per heavy atom. The van der Waals surface area contributed by atoms with Crippen molar-refractivity contribution in [1.82, 2.24) is 0 Å². The van der Waals surface area contributed by atoms with Gasteiger partial charge in [-0.1, -0.05) is 35.9 Å². The molecule has 0 aliphatic carbocycles. The Labute approximate surface area is 172 Å². The summed E-state index contributed by atoms with van der Waals surface area (Å²) in [7, 11) is 1.57. The first-order chi connectivity index (χ1) is 13.8. The highest BCUT2D eigenvalue weighted by Crippen LogP contribution is 2.34. The molecule has 3 aromatic carbocycles. The van der Waals surface area contributed by atoms with Gasteiger partial charge in [0.1, 0.15) is 5.75 Å². The number of hydrogen-bond donors (Lipinski definition) is 2. The van der Waals surface area contributed by atoms with Gasteiger partial charge in [-0.3, -0.25) is 0 Å². The molecule has 152 valence electrons. The summed E-state index contributed by atoms with van der Waals surface area (Å²) in [5.74, 6) is 0.692. The van der Waals surface area contributed by atoms with Crippen molar-refractivity contribution in [1.29, 1.82) is 0 Å². The van der Waals surface area contributed by atoms with Crippen LogP contribution in [0.4, 0.5) is 24.5 Å². The van der Waals surface area contributed by atoms with Crippen LogP contribution in [0.1, 0.15) is 16.7 Å². The summed E-state index contributed by atoms with van der Waals surface area (Å²) in [5.41, 5.74) is 1.79. The van der Waals surface area contributed by atoms with E-state index in [1.807, 2.05) is 30.3 Å². The van der Waals surface area contributed by atoms with Gasteiger partial charge in [-0.05, 0) is 53.6 Å². The normalized spacial score (nSPS) is 11.2. The minimum absolute atomic E-state index is 0.358. The van der Waals surface area contributed by atoms with E-state index in [9.17, 15) is 13.2 Å². The zero-order valence-electron chi connectivity index (χ0n) is 15.7. The lowest BCUT2D eigenvalue weighted by atomic mass is 10.1. The number of benzene rings is 3. The second kappa shape index (κ2) is 9.09. The van der Waals surface area contributed by atoms with E-state index in [-0.39, 0.29) is 0 Å². The van der Waals surface area contributed by atoms with Gasteiger partial charge in [-0.15, -0.1) is 0 Å². The van der Waals surface area contributed by atoms with Crippen molar-refractivity contribution in [3.63, 3.8) is 0 Å². The van der Waals surface area contributed by atoms with Crippen LogP contribution in [0.5, 0.6) is 5.75 Å². The third-order valence-corrected chi connectivity index (χ3v) is 4.51. The number of anilines is 2. The molecule has 29 heavy (non-hydrogen) atoms. The molecule has 0 amide bonds. The fourth-order valence-corrected chi connectivity index (χ4v) is 3.05. The first-order valence-electron chi connectivity index (χ1n) is 8.91. The van der Waals surface area contributed by atoms with Crippen LogP contribution >= 0.6 is 11.6 Å². The van der Waals surface area contributed by atoms with Crippen molar-refractivity contribution in [2.75, 3.05) is 17.7 Å². The summed E-state index contributed by atoms with van der Waals surface area (Å²) in [4.78, 5) is 0. The maximum Gasteiger partial charge on any atom is 0.416 e. The highest BCUT2D eigenvalue weighted by Gasteiger charge is 2.31. The molecular weight excluding hydrogens is 401 g/mol. The molecule has 0 radical (unpaired) electrons. The van der Waals surface area contributed by atoms with Gasteiger partial charge in [-0.2, -0.15) is 13.2 Å². The molecule has 3 aromatic rings. The number of rotatable bonds is 7. The SMILES string of the molecule is COc1cccc(CNc2cc(NCc3cccc(Cl)c3)cc(C(F)(F)F)c2)c1. The summed E-state index contributed by atoms with van der Waals surface area (Å²) in [6.07, 6.45) is -4.44. The summed E-state index contributed by atoms with van der Waals surface area (Å²) in [6.45, 7) is 0.726. The number of halogens is 4. The van der Waals surface area contributed by atoms with Gasteiger partial charge >= 0.3 is 6.18 Å². The van der Waals surface area contributed by atoms with Crippen molar-refractivity contribution in [2.45, 2.75) is 19.3 Å². The Kier molecular flexibility index (Phi) is 6.54. The van der Waals surface area contributed by atoms with Crippen LogP contribution in [0.15, 0.2) is 66.7 Å². The molecule has 0 fully saturated rings. The molecule has 0 saturated heterocycles. The van der Waals surface area contributed by atoms with Crippen LogP contribution < -0.4 is 15.4 Å². The Balaban J connectivity index is 1.77. The minimum Gasteiger partial charge on any atom is -0.497 e. The molecule has 0 aromatic heterocycles. The average Bonchev–Trinajstić information content (AvgIpc) is 2.70. The Morgan fingerprint density at radius 1 is 0.828 bits per heavy atom. The van der Waals surface area contributed by atoms with Crippen LogP contribution in [0.3, 0.4) is 0 Å². The quantitative estimate of drug-likeness (QED) is 0.452. The van der Waals surface area contributed by atoms with E-state index in [0.29, 0.717) is 35.2 Å². The van der Waals surface area contributed by atoms with Crippen LogP contribution in [0.25, 0.3) is 0 Å². The second-order valence-corrected chi connectivity index (χ2v) is 6.92. The largest absolute Gasteiger partial charge is 0.497 e. The predicted octanol–water partition coefficient (Wildman–Crippen LogP) is 6.59. The van der Waals surface area contributed by atoms with E-state index in [4.69, 9.17) is 16.3 Å². The standard InChI is InChI=1S/C22H20ClF3N2O/c1-29-21-7-3-5-16(9-21)14-28-20-11-17(22(24,25)26)10-19(12-20)27-13-15-4-2-6-18(23)8-15/h2-12,27-28H,13-14H2,1H3. The van der Waals surface area contributed by atoms with E-state index < -0.39 is 11.7 Å².